The van der Waals surface area contributed by atoms with Gasteiger partial charge in [-0.15, -0.1) is 0 Å². The molecule has 2 aromatic heterocycles. The first-order valence-electron chi connectivity index (χ1n) is 8.65. The molecule has 1 fully saturated rings. The molecular formula is C19H25ClN2O3. The van der Waals surface area contributed by atoms with Gasteiger partial charge in [0.2, 0.25) is 0 Å². The molecule has 0 bridgehead atoms. The SMILES string of the molecule is Cc1c(C(=O)OC(C)(C)C)n(C)c2cc(Cl)nc(C3CCOCC3)c12. The molecule has 136 valence electrons. The first kappa shape index (κ1) is 18.2. The second-order valence-corrected chi connectivity index (χ2v) is 8.03. The van der Waals surface area contributed by atoms with Crippen LogP contribution in [0.25, 0.3) is 10.9 Å². The smallest absolute Gasteiger partial charge is 0.355 e. The summed E-state index contributed by atoms with van der Waals surface area (Å²) in [7, 11) is 1.87. The van der Waals surface area contributed by atoms with Gasteiger partial charge in [-0.05, 0) is 52.2 Å². The molecule has 3 heterocycles. The number of aromatic nitrogens is 2. The zero-order valence-corrected chi connectivity index (χ0v) is 16.2. The highest BCUT2D eigenvalue weighted by molar-refractivity contribution is 6.30. The number of carbonyl (C=O) groups is 1. The van der Waals surface area contributed by atoms with Crippen LogP contribution in [-0.4, -0.2) is 34.3 Å². The lowest BCUT2D eigenvalue weighted by atomic mass is 9.92. The Kier molecular flexibility index (Phi) is 4.82. The molecule has 1 aliphatic rings. The number of halogens is 1. The number of aryl methyl sites for hydroxylation is 2. The van der Waals surface area contributed by atoms with E-state index in [0.29, 0.717) is 16.8 Å². The van der Waals surface area contributed by atoms with E-state index in [1.165, 1.54) is 0 Å². The van der Waals surface area contributed by atoms with Crippen molar-refractivity contribution >= 4 is 28.5 Å². The van der Waals surface area contributed by atoms with Crippen LogP contribution in [0.1, 0.15) is 61.3 Å². The number of hydrogen-bond acceptors (Lipinski definition) is 4. The zero-order chi connectivity index (χ0) is 18.4. The van der Waals surface area contributed by atoms with E-state index < -0.39 is 5.60 Å². The molecule has 1 aliphatic heterocycles. The number of ether oxygens (including phenoxy) is 2. The van der Waals surface area contributed by atoms with Crippen LogP contribution in [0.2, 0.25) is 5.15 Å². The minimum atomic E-state index is -0.542. The number of pyridine rings is 1. The minimum Gasteiger partial charge on any atom is -0.455 e. The summed E-state index contributed by atoms with van der Waals surface area (Å²) in [5.41, 5.74) is 2.80. The molecule has 0 saturated carbocycles. The molecule has 6 heteroatoms. The maximum absolute atomic E-state index is 12.7. The Labute approximate surface area is 153 Å². The summed E-state index contributed by atoms with van der Waals surface area (Å²) in [5.74, 6) is -0.0275. The highest BCUT2D eigenvalue weighted by Crippen LogP contribution is 2.36. The average molecular weight is 365 g/mol. The largest absolute Gasteiger partial charge is 0.455 e. The number of esters is 1. The molecule has 1 saturated heterocycles. The summed E-state index contributed by atoms with van der Waals surface area (Å²) in [6.07, 6.45) is 1.83. The second kappa shape index (κ2) is 6.61. The summed E-state index contributed by atoms with van der Waals surface area (Å²) in [5, 5.41) is 1.46. The van der Waals surface area contributed by atoms with E-state index in [2.05, 4.69) is 4.98 Å². The van der Waals surface area contributed by atoms with Crippen LogP contribution in [0.4, 0.5) is 0 Å². The average Bonchev–Trinajstić information content (AvgIpc) is 2.77. The number of rotatable bonds is 2. The Balaban J connectivity index is 2.17. The Morgan fingerprint density at radius 1 is 1.36 bits per heavy atom. The van der Waals surface area contributed by atoms with Gasteiger partial charge in [0, 0.05) is 31.6 Å². The fourth-order valence-electron chi connectivity index (χ4n) is 3.54. The van der Waals surface area contributed by atoms with Crippen molar-refractivity contribution in [3.05, 3.63) is 28.2 Å². The Bertz CT molecular complexity index is 814. The molecule has 5 nitrogen and oxygen atoms in total. The van der Waals surface area contributed by atoms with Crippen molar-refractivity contribution in [2.45, 2.75) is 52.1 Å². The first-order chi connectivity index (χ1) is 11.7. The van der Waals surface area contributed by atoms with Crippen LogP contribution in [0.15, 0.2) is 6.07 Å². The van der Waals surface area contributed by atoms with E-state index in [4.69, 9.17) is 21.1 Å². The molecule has 0 radical (unpaired) electrons. The van der Waals surface area contributed by atoms with Crippen LogP contribution in [0, 0.1) is 6.92 Å². The van der Waals surface area contributed by atoms with Gasteiger partial charge >= 0.3 is 5.97 Å². The number of nitrogens with zero attached hydrogens (tertiary/aromatic N) is 2. The summed E-state index contributed by atoms with van der Waals surface area (Å²) >= 11 is 6.29. The summed E-state index contributed by atoms with van der Waals surface area (Å²) in [6.45, 7) is 9.02. The van der Waals surface area contributed by atoms with Crippen molar-refractivity contribution in [3.8, 4) is 0 Å². The van der Waals surface area contributed by atoms with Crippen LogP contribution < -0.4 is 0 Å². The van der Waals surface area contributed by atoms with Gasteiger partial charge in [0.05, 0.1) is 11.2 Å². The topological polar surface area (TPSA) is 53.4 Å². The maximum atomic E-state index is 12.7. The third-order valence-corrected chi connectivity index (χ3v) is 4.82. The molecule has 0 N–H and O–H groups in total. The van der Waals surface area contributed by atoms with Gasteiger partial charge < -0.3 is 14.0 Å². The van der Waals surface area contributed by atoms with E-state index >= 15 is 0 Å². The van der Waals surface area contributed by atoms with Crippen LogP contribution in [0.5, 0.6) is 0 Å². The fourth-order valence-corrected chi connectivity index (χ4v) is 3.74. The summed E-state index contributed by atoms with van der Waals surface area (Å²) in [4.78, 5) is 17.3. The van der Waals surface area contributed by atoms with Crippen LogP contribution in [-0.2, 0) is 16.5 Å². The van der Waals surface area contributed by atoms with Crippen molar-refractivity contribution in [2.24, 2.45) is 7.05 Å². The van der Waals surface area contributed by atoms with Crippen molar-refractivity contribution in [1.29, 1.82) is 0 Å². The number of hydrogen-bond donors (Lipinski definition) is 0. The maximum Gasteiger partial charge on any atom is 0.355 e. The van der Waals surface area contributed by atoms with Gasteiger partial charge in [-0.1, -0.05) is 11.6 Å². The minimum absolute atomic E-state index is 0.294. The van der Waals surface area contributed by atoms with Crippen molar-refractivity contribution in [3.63, 3.8) is 0 Å². The van der Waals surface area contributed by atoms with Crippen molar-refractivity contribution in [1.82, 2.24) is 9.55 Å². The Hall–Kier alpha value is -1.59. The molecule has 0 amide bonds. The van der Waals surface area contributed by atoms with E-state index in [1.54, 1.807) is 0 Å². The number of fused-ring (bicyclic) bond motifs is 1. The van der Waals surface area contributed by atoms with Gasteiger partial charge in [-0.3, -0.25) is 0 Å². The van der Waals surface area contributed by atoms with Crippen LogP contribution in [0.3, 0.4) is 0 Å². The standard InChI is InChI=1S/C19H25ClN2O3/c1-11-15-13(22(5)17(11)18(23)25-19(2,3)4)10-14(20)21-16(15)12-6-8-24-9-7-12/h10,12H,6-9H2,1-5H3. The fraction of sp³-hybridized carbons (Fsp3) is 0.579. The Morgan fingerprint density at radius 3 is 2.60 bits per heavy atom. The molecule has 0 aliphatic carbocycles. The van der Waals surface area contributed by atoms with E-state index in [-0.39, 0.29) is 5.97 Å². The normalized spacial score (nSPS) is 16.4. The van der Waals surface area contributed by atoms with Crippen LogP contribution >= 0.6 is 11.6 Å². The highest BCUT2D eigenvalue weighted by atomic mass is 35.5. The Morgan fingerprint density at radius 2 is 2.00 bits per heavy atom. The molecule has 0 aromatic carbocycles. The van der Waals surface area contributed by atoms with Crippen molar-refractivity contribution in [2.75, 3.05) is 13.2 Å². The van der Waals surface area contributed by atoms with Gasteiger partial charge in [-0.25, -0.2) is 9.78 Å². The first-order valence-corrected chi connectivity index (χ1v) is 9.03. The van der Waals surface area contributed by atoms with Gasteiger partial charge in [0.25, 0.3) is 0 Å². The predicted octanol–water partition coefficient (Wildman–Crippen LogP) is 4.38. The third-order valence-electron chi connectivity index (χ3n) is 4.62. The van der Waals surface area contributed by atoms with E-state index in [1.807, 2.05) is 45.4 Å². The lowest BCUT2D eigenvalue weighted by molar-refractivity contribution is 0.00586. The molecule has 0 unspecified atom stereocenters. The predicted molar refractivity (Wildman–Crippen MR) is 98.4 cm³/mol. The van der Waals surface area contributed by atoms with E-state index in [0.717, 1.165) is 48.2 Å². The van der Waals surface area contributed by atoms with Gasteiger partial charge in [0.1, 0.15) is 16.4 Å². The van der Waals surface area contributed by atoms with Gasteiger partial charge in [-0.2, -0.15) is 0 Å². The summed E-state index contributed by atoms with van der Waals surface area (Å²) in [6, 6.07) is 1.82. The van der Waals surface area contributed by atoms with Crippen molar-refractivity contribution < 1.29 is 14.3 Å². The molecule has 2 aromatic rings. The molecule has 0 atom stereocenters. The van der Waals surface area contributed by atoms with E-state index in [9.17, 15) is 4.79 Å². The lowest BCUT2D eigenvalue weighted by Gasteiger charge is -2.22. The summed E-state index contributed by atoms with van der Waals surface area (Å²) < 4.78 is 12.9. The molecule has 3 rings (SSSR count). The van der Waals surface area contributed by atoms with Gasteiger partial charge in [0.15, 0.2) is 0 Å². The molecule has 0 spiro atoms. The molecule has 25 heavy (non-hydrogen) atoms. The third kappa shape index (κ3) is 3.53. The quantitative estimate of drug-likeness (QED) is 0.586. The number of carbonyl (C=O) groups excluding carboxylic acids is 1. The monoisotopic (exact) mass is 364 g/mol. The zero-order valence-electron chi connectivity index (χ0n) is 15.5. The second-order valence-electron chi connectivity index (χ2n) is 7.65. The highest BCUT2D eigenvalue weighted by Gasteiger charge is 2.28. The lowest BCUT2D eigenvalue weighted by Crippen LogP contribution is -2.25. The molecular weight excluding hydrogens is 340 g/mol.